The van der Waals surface area contributed by atoms with E-state index >= 15 is 0 Å². The first-order valence-electron chi connectivity index (χ1n) is 6.99. The minimum atomic E-state index is -0.985. The van der Waals surface area contributed by atoms with Gasteiger partial charge in [0.15, 0.2) is 5.60 Å². The molecule has 0 fully saturated rings. The molecule has 0 aliphatic heterocycles. The molecule has 1 atom stereocenters. The molecular weight excluding hydrogens is 264 g/mol. The maximum Gasteiger partial charge on any atom is 0.256 e. The van der Waals surface area contributed by atoms with Crippen LogP contribution in [-0.2, 0) is 28.7 Å². The Morgan fingerprint density at radius 3 is 2.43 bits per heavy atom. The van der Waals surface area contributed by atoms with Gasteiger partial charge in [-0.15, -0.1) is 0 Å². The standard InChI is InChI=1S/C17H22N2O2/c1-13-10-11-15(19(13)3)12-18-16(20)17(2,21-4)14-8-6-5-7-9-14/h5-11H,12H2,1-4H3,(H,18,20)/t17-/m0/s1. The molecule has 4 heteroatoms. The van der Waals surface area contributed by atoms with E-state index in [1.54, 1.807) is 14.0 Å². The topological polar surface area (TPSA) is 43.3 Å². The molecule has 0 saturated heterocycles. The van der Waals surface area contributed by atoms with Crippen molar-refractivity contribution in [3.05, 3.63) is 59.4 Å². The van der Waals surface area contributed by atoms with Crippen molar-refractivity contribution in [2.75, 3.05) is 7.11 Å². The van der Waals surface area contributed by atoms with Gasteiger partial charge < -0.3 is 14.6 Å². The molecule has 0 unspecified atom stereocenters. The summed E-state index contributed by atoms with van der Waals surface area (Å²) >= 11 is 0. The van der Waals surface area contributed by atoms with E-state index in [0.29, 0.717) is 6.54 Å². The van der Waals surface area contributed by atoms with Crippen LogP contribution in [-0.4, -0.2) is 17.6 Å². The van der Waals surface area contributed by atoms with Crippen molar-refractivity contribution in [1.82, 2.24) is 9.88 Å². The molecular formula is C17H22N2O2. The Morgan fingerprint density at radius 2 is 1.90 bits per heavy atom. The number of ether oxygens (including phenoxy) is 1. The summed E-state index contributed by atoms with van der Waals surface area (Å²) in [6.07, 6.45) is 0. The number of nitrogens with one attached hydrogen (secondary N) is 1. The number of amides is 1. The summed E-state index contributed by atoms with van der Waals surface area (Å²) in [5, 5.41) is 2.96. The van der Waals surface area contributed by atoms with E-state index < -0.39 is 5.60 Å². The highest BCUT2D eigenvalue weighted by Crippen LogP contribution is 2.24. The molecule has 0 aliphatic rings. The van der Waals surface area contributed by atoms with Crippen LogP contribution in [0.5, 0.6) is 0 Å². The number of carbonyl (C=O) groups is 1. The van der Waals surface area contributed by atoms with Crippen LogP contribution in [0.2, 0.25) is 0 Å². The Kier molecular flexibility index (Phi) is 4.48. The SMILES string of the molecule is CO[C@](C)(C(=O)NCc1ccc(C)n1C)c1ccccc1. The molecule has 0 aliphatic carbocycles. The second-order valence-corrected chi connectivity index (χ2v) is 5.31. The predicted octanol–water partition coefficient (Wildman–Crippen LogP) is 2.51. The number of hydrogen-bond acceptors (Lipinski definition) is 2. The zero-order chi connectivity index (χ0) is 15.5. The summed E-state index contributed by atoms with van der Waals surface area (Å²) in [4.78, 5) is 12.5. The van der Waals surface area contributed by atoms with Gasteiger partial charge >= 0.3 is 0 Å². The lowest BCUT2D eigenvalue weighted by molar-refractivity contribution is -0.142. The van der Waals surface area contributed by atoms with E-state index in [-0.39, 0.29) is 5.91 Å². The molecule has 2 rings (SSSR count). The highest BCUT2D eigenvalue weighted by Gasteiger charge is 2.34. The first-order valence-corrected chi connectivity index (χ1v) is 6.99. The Bertz CT molecular complexity index is 619. The van der Waals surface area contributed by atoms with E-state index in [9.17, 15) is 4.79 Å². The summed E-state index contributed by atoms with van der Waals surface area (Å²) in [6.45, 7) is 4.30. The quantitative estimate of drug-likeness (QED) is 0.918. The van der Waals surface area contributed by atoms with Gasteiger partial charge in [0.1, 0.15) is 0 Å². The van der Waals surface area contributed by atoms with E-state index in [2.05, 4.69) is 9.88 Å². The van der Waals surface area contributed by atoms with Gasteiger partial charge in [0.25, 0.3) is 5.91 Å². The van der Waals surface area contributed by atoms with Crippen LogP contribution in [0.25, 0.3) is 0 Å². The summed E-state index contributed by atoms with van der Waals surface area (Å²) in [6, 6.07) is 13.6. The first kappa shape index (κ1) is 15.3. The van der Waals surface area contributed by atoms with Crippen molar-refractivity contribution in [3.63, 3.8) is 0 Å². The van der Waals surface area contributed by atoms with Crippen LogP contribution in [0, 0.1) is 6.92 Å². The van der Waals surface area contributed by atoms with Gasteiger partial charge in [0.2, 0.25) is 0 Å². The molecule has 1 heterocycles. The molecule has 1 amide bonds. The molecule has 1 aromatic carbocycles. The average Bonchev–Trinajstić information content (AvgIpc) is 2.84. The van der Waals surface area contributed by atoms with Gasteiger partial charge in [0, 0.05) is 25.5 Å². The molecule has 0 bridgehead atoms. The number of hydrogen-bond donors (Lipinski definition) is 1. The Balaban J connectivity index is 2.12. The van der Waals surface area contributed by atoms with Crippen LogP contribution in [0.15, 0.2) is 42.5 Å². The Morgan fingerprint density at radius 1 is 1.24 bits per heavy atom. The third kappa shape index (κ3) is 3.00. The minimum absolute atomic E-state index is 0.143. The number of aromatic nitrogens is 1. The molecule has 4 nitrogen and oxygen atoms in total. The minimum Gasteiger partial charge on any atom is -0.364 e. The van der Waals surface area contributed by atoms with Crippen LogP contribution in [0.3, 0.4) is 0 Å². The predicted molar refractivity (Wildman–Crippen MR) is 82.8 cm³/mol. The van der Waals surface area contributed by atoms with E-state index in [1.165, 1.54) is 0 Å². The monoisotopic (exact) mass is 286 g/mol. The van der Waals surface area contributed by atoms with Crippen LogP contribution in [0.4, 0.5) is 0 Å². The van der Waals surface area contributed by atoms with Crippen LogP contribution < -0.4 is 5.32 Å². The number of nitrogens with zero attached hydrogens (tertiary/aromatic N) is 1. The molecule has 0 saturated carbocycles. The lowest BCUT2D eigenvalue weighted by Crippen LogP contribution is -2.43. The van der Waals surface area contributed by atoms with Gasteiger partial charge in [-0.2, -0.15) is 0 Å². The van der Waals surface area contributed by atoms with Crippen LogP contribution >= 0.6 is 0 Å². The highest BCUT2D eigenvalue weighted by atomic mass is 16.5. The summed E-state index contributed by atoms with van der Waals surface area (Å²) in [7, 11) is 3.54. The third-order valence-electron chi connectivity index (χ3n) is 4.07. The van der Waals surface area contributed by atoms with Gasteiger partial charge in [-0.05, 0) is 31.5 Å². The zero-order valence-corrected chi connectivity index (χ0v) is 13.0. The molecule has 2 aromatic rings. The zero-order valence-electron chi connectivity index (χ0n) is 13.0. The maximum atomic E-state index is 12.5. The van der Waals surface area contributed by atoms with Gasteiger partial charge in [-0.25, -0.2) is 0 Å². The van der Waals surface area contributed by atoms with Gasteiger partial charge in [0.05, 0.1) is 6.54 Å². The number of methoxy groups -OCH3 is 1. The lowest BCUT2D eigenvalue weighted by Gasteiger charge is -2.27. The Hall–Kier alpha value is -2.07. The molecule has 0 radical (unpaired) electrons. The van der Waals surface area contributed by atoms with Crippen molar-refractivity contribution in [2.45, 2.75) is 26.0 Å². The molecule has 0 spiro atoms. The van der Waals surface area contributed by atoms with Crippen molar-refractivity contribution >= 4 is 5.91 Å². The summed E-state index contributed by atoms with van der Waals surface area (Å²) in [5.74, 6) is -0.143. The smallest absolute Gasteiger partial charge is 0.256 e. The average molecular weight is 286 g/mol. The largest absolute Gasteiger partial charge is 0.364 e. The molecule has 1 N–H and O–H groups in total. The lowest BCUT2D eigenvalue weighted by atomic mass is 9.95. The number of benzene rings is 1. The fourth-order valence-corrected chi connectivity index (χ4v) is 2.28. The number of carbonyl (C=O) groups excluding carboxylic acids is 1. The summed E-state index contributed by atoms with van der Waals surface area (Å²) in [5.41, 5.74) is 2.08. The number of aryl methyl sites for hydroxylation is 1. The fourth-order valence-electron chi connectivity index (χ4n) is 2.28. The third-order valence-corrected chi connectivity index (χ3v) is 4.07. The van der Waals surface area contributed by atoms with Crippen molar-refractivity contribution < 1.29 is 9.53 Å². The van der Waals surface area contributed by atoms with Crippen molar-refractivity contribution in [1.29, 1.82) is 0 Å². The van der Waals surface area contributed by atoms with E-state index in [4.69, 9.17) is 4.74 Å². The van der Waals surface area contributed by atoms with Crippen molar-refractivity contribution in [3.8, 4) is 0 Å². The number of rotatable bonds is 5. The van der Waals surface area contributed by atoms with E-state index in [1.807, 2.05) is 56.4 Å². The first-order chi connectivity index (χ1) is 9.99. The van der Waals surface area contributed by atoms with E-state index in [0.717, 1.165) is 17.0 Å². The molecule has 21 heavy (non-hydrogen) atoms. The Labute approximate surface area is 125 Å². The highest BCUT2D eigenvalue weighted by molar-refractivity contribution is 5.86. The van der Waals surface area contributed by atoms with Gasteiger partial charge in [-0.1, -0.05) is 30.3 Å². The van der Waals surface area contributed by atoms with Crippen LogP contribution in [0.1, 0.15) is 23.9 Å². The fraction of sp³-hybridized carbons (Fsp3) is 0.353. The molecule has 1 aromatic heterocycles. The van der Waals surface area contributed by atoms with Crippen molar-refractivity contribution in [2.24, 2.45) is 7.05 Å². The summed E-state index contributed by atoms with van der Waals surface area (Å²) < 4.78 is 7.55. The molecule has 112 valence electrons. The maximum absolute atomic E-state index is 12.5. The normalized spacial score (nSPS) is 13.7. The second kappa shape index (κ2) is 6.14. The van der Waals surface area contributed by atoms with Gasteiger partial charge in [-0.3, -0.25) is 4.79 Å². The second-order valence-electron chi connectivity index (χ2n) is 5.31.